The minimum Gasteiger partial charge on any atom is -0.485 e. The van der Waals surface area contributed by atoms with Gasteiger partial charge in [0.15, 0.2) is 5.75 Å². The molecule has 16 heavy (non-hydrogen) atoms. The molecular formula is C12H19N3O. The molecular weight excluding hydrogens is 202 g/mol. The first kappa shape index (κ1) is 11.3. The third kappa shape index (κ3) is 3.17. The smallest absolute Gasteiger partial charge is 0.156 e. The van der Waals surface area contributed by atoms with E-state index in [4.69, 9.17) is 4.74 Å². The minimum atomic E-state index is -0.192. The van der Waals surface area contributed by atoms with Crippen molar-refractivity contribution >= 4 is 0 Å². The summed E-state index contributed by atoms with van der Waals surface area (Å²) in [6.07, 6.45) is 4.49. The molecule has 1 fully saturated rings. The van der Waals surface area contributed by atoms with E-state index in [2.05, 4.69) is 15.3 Å². The topological polar surface area (TPSA) is 47.0 Å². The lowest BCUT2D eigenvalue weighted by atomic mass is 9.99. The zero-order valence-electron chi connectivity index (χ0n) is 10.2. The summed E-state index contributed by atoms with van der Waals surface area (Å²) in [5.74, 6) is 2.35. The predicted octanol–water partition coefficient (Wildman–Crippen LogP) is 1.42. The third-order valence-electron chi connectivity index (χ3n) is 2.44. The molecule has 4 heteroatoms. The molecule has 0 atom stereocenters. The molecule has 1 aliphatic heterocycles. The fourth-order valence-electron chi connectivity index (χ4n) is 1.61. The van der Waals surface area contributed by atoms with E-state index in [0.29, 0.717) is 5.92 Å². The molecule has 0 radical (unpaired) electrons. The number of aromatic nitrogens is 2. The molecule has 0 saturated carbocycles. The summed E-state index contributed by atoms with van der Waals surface area (Å²) in [4.78, 5) is 8.64. The number of rotatable bonds is 3. The van der Waals surface area contributed by atoms with Gasteiger partial charge in [-0.25, -0.2) is 9.97 Å². The van der Waals surface area contributed by atoms with Gasteiger partial charge in [0, 0.05) is 6.42 Å². The van der Waals surface area contributed by atoms with Gasteiger partial charge < -0.3 is 10.1 Å². The van der Waals surface area contributed by atoms with Gasteiger partial charge in [0.05, 0.1) is 12.4 Å². The summed E-state index contributed by atoms with van der Waals surface area (Å²) < 4.78 is 5.66. The van der Waals surface area contributed by atoms with E-state index in [1.54, 1.807) is 12.4 Å². The normalized spacial score (nSPS) is 16.9. The number of hydrogen-bond donors (Lipinski definition) is 1. The van der Waals surface area contributed by atoms with Crippen molar-refractivity contribution < 1.29 is 4.74 Å². The molecule has 1 aromatic rings. The molecule has 0 spiro atoms. The molecule has 0 unspecified atom stereocenters. The van der Waals surface area contributed by atoms with Crippen molar-refractivity contribution in [2.45, 2.75) is 32.8 Å². The van der Waals surface area contributed by atoms with E-state index in [1.807, 2.05) is 20.8 Å². The number of nitrogens with zero attached hydrogens (tertiary/aromatic N) is 2. The van der Waals surface area contributed by atoms with Crippen molar-refractivity contribution in [2.24, 2.45) is 5.92 Å². The molecule has 88 valence electrons. The van der Waals surface area contributed by atoms with Gasteiger partial charge in [-0.05, 0) is 39.8 Å². The van der Waals surface area contributed by atoms with Crippen molar-refractivity contribution in [1.82, 2.24) is 15.3 Å². The van der Waals surface area contributed by atoms with Crippen LogP contribution in [0.2, 0.25) is 0 Å². The second-order valence-electron chi connectivity index (χ2n) is 5.28. The van der Waals surface area contributed by atoms with Gasteiger partial charge >= 0.3 is 0 Å². The van der Waals surface area contributed by atoms with Crippen LogP contribution in [0.25, 0.3) is 0 Å². The van der Waals surface area contributed by atoms with Gasteiger partial charge in [0.2, 0.25) is 0 Å². The van der Waals surface area contributed by atoms with Gasteiger partial charge in [0.1, 0.15) is 11.4 Å². The molecule has 1 N–H and O–H groups in total. The van der Waals surface area contributed by atoms with Crippen LogP contribution in [-0.2, 0) is 6.42 Å². The van der Waals surface area contributed by atoms with E-state index < -0.39 is 0 Å². The fourth-order valence-corrected chi connectivity index (χ4v) is 1.61. The lowest BCUT2D eigenvalue weighted by molar-refractivity contribution is 0.129. The maximum atomic E-state index is 5.66. The Balaban J connectivity index is 1.93. The Bertz CT molecular complexity index is 338. The van der Waals surface area contributed by atoms with Gasteiger partial charge in [0.25, 0.3) is 0 Å². The Hall–Kier alpha value is -1.16. The Kier molecular flexibility index (Phi) is 3.10. The van der Waals surface area contributed by atoms with E-state index in [1.165, 1.54) is 0 Å². The molecule has 0 bridgehead atoms. The molecule has 0 amide bonds. The Morgan fingerprint density at radius 3 is 2.38 bits per heavy atom. The molecule has 1 aromatic heterocycles. The average Bonchev–Trinajstić information content (AvgIpc) is 2.11. The van der Waals surface area contributed by atoms with Crippen LogP contribution in [0, 0.1) is 5.92 Å². The average molecular weight is 221 g/mol. The first-order valence-corrected chi connectivity index (χ1v) is 5.73. The first-order valence-electron chi connectivity index (χ1n) is 5.73. The SMILES string of the molecule is CC(C)(C)Oc1cnc(CC2CNC2)nc1. The lowest BCUT2D eigenvalue weighted by Gasteiger charge is -2.26. The van der Waals surface area contributed by atoms with Crippen LogP contribution in [0.5, 0.6) is 5.75 Å². The monoisotopic (exact) mass is 221 g/mol. The highest BCUT2D eigenvalue weighted by atomic mass is 16.5. The highest BCUT2D eigenvalue weighted by Crippen LogP contribution is 2.16. The predicted molar refractivity (Wildman–Crippen MR) is 62.5 cm³/mol. The van der Waals surface area contributed by atoms with Crippen molar-refractivity contribution in [1.29, 1.82) is 0 Å². The molecule has 1 aliphatic rings. The van der Waals surface area contributed by atoms with Crippen LogP contribution in [0.4, 0.5) is 0 Å². The number of ether oxygens (including phenoxy) is 1. The number of nitrogens with one attached hydrogen (secondary N) is 1. The fraction of sp³-hybridized carbons (Fsp3) is 0.667. The summed E-state index contributed by atoms with van der Waals surface area (Å²) in [7, 11) is 0. The second kappa shape index (κ2) is 4.37. The first-order chi connectivity index (χ1) is 7.53. The third-order valence-corrected chi connectivity index (χ3v) is 2.44. The van der Waals surface area contributed by atoms with Crippen LogP contribution in [0.3, 0.4) is 0 Å². The van der Waals surface area contributed by atoms with E-state index >= 15 is 0 Å². The zero-order valence-corrected chi connectivity index (χ0v) is 10.2. The maximum absolute atomic E-state index is 5.66. The van der Waals surface area contributed by atoms with E-state index in [0.717, 1.165) is 31.1 Å². The highest BCUT2D eigenvalue weighted by molar-refractivity contribution is 5.13. The van der Waals surface area contributed by atoms with Crippen molar-refractivity contribution in [3.63, 3.8) is 0 Å². The van der Waals surface area contributed by atoms with Crippen LogP contribution < -0.4 is 10.1 Å². The van der Waals surface area contributed by atoms with Crippen molar-refractivity contribution in [2.75, 3.05) is 13.1 Å². The molecule has 4 nitrogen and oxygen atoms in total. The Morgan fingerprint density at radius 1 is 1.31 bits per heavy atom. The largest absolute Gasteiger partial charge is 0.485 e. The summed E-state index contributed by atoms with van der Waals surface area (Å²) >= 11 is 0. The molecule has 1 saturated heterocycles. The van der Waals surface area contributed by atoms with Crippen LogP contribution in [0.15, 0.2) is 12.4 Å². The van der Waals surface area contributed by atoms with E-state index in [-0.39, 0.29) is 5.60 Å². The van der Waals surface area contributed by atoms with E-state index in [9.17, 15) is 0 Å². The van der Waals surface area contributed by atoms with Gasteiger partial charge in [-0.15, -0.1) is 0 Å². The quantitative estimate of drug-likeness (QED) is 0.838. The summed E-state index contributed by atoms with van der Waals surface area (Å²) in [6, 6.07) is 0. The molecule has 0 aliphatic carbocycles. The lowest BCUT2D eigenvalue weighted by Crippen LogP contribution is -2.43. The van der Waals surface area contributed by atoms with Crippen molar-refractivity contribution in [3.05, 3.63) is 18.2 Å². The maximum Gasteiger partial charge on any atom is 0.156 e. The number of hydrogen-bond acceptors (Lipinski definition) is 4. The standard InChI is InChI=1S/C12H19N3O/c1-12(2,3)16-10-7-14-11(15-8-10)4-9-5-13-6-9/h7-9,13H,4-6H2,1-3H3. The van der Waals surface area contributed by atoms with Crippen molar-refractivity contribution in [3.8, 4) is 5.75 Å². The molecule has 0 aromatic carbocycles. The van der Waals surface area contributed by atoms with Gasteiger partial charge in [-0.3, -0.25) is 0 Å². The van der Waals surface area contributed by atoms with Crippen LogP contribution >= 0.6 is 0 Å². The summed E-state index contributed by atoms with van der Waals surface area (Å²) in [5, 5.41) is 3.24. The Morgan fingerprint density at radius 2 is 1.94 bits per heavy atom. The molecule has 2 heterocycles. The van der Waals surface area contributed by atoms with Gasteiger partial charge in [-0.2, -0.15) is 0 Å². The zero-order chi connectivity index (χ0) is 11.6. The summed E-state index contributed by atoms with van der Waals surface area (Å²) in [5.41, 5.74) is -0.192. The Labute approximate surface area is 96.4 Å². The van der Waals surface area contributed by atoms with Gasteiger partial charge in [-0.1, -0.05) is 0 Å². The summed E-state index contributed by atoms with van der Waals surface area (Å²) in [6.45, 7) is 8.22. The minimum absolute atomic E-state index is 0.192. The second-order valence-corrected chi connectivity index (χ2v) is 5.28. The molecule has 2 rings (SSSR count). The van der Waals surface area contributed by atoms with Crippen LogP contribution in [-0.4, -0.2) is 28.7 Å². The highest BCUT2D eigenvalue weighted by Gasteiger charge is 2.18. The van der Waals surface area contributed by atoms with Crippen LogP contribution in [0.1, 0.15) is 26.6 Å².